The molecule has 0 N–H and O–H groups in total. The lowest BCUT2D eigenvalue weighted by Gasteiger charge is -2.66. The summed E-state index contributed by atoms with van der Waals surface area (Å²) >= 11 is 0. The molecule has 7 rings (SSSR count). The van der Waals surface area contributed by atoms with Gasteiger partial charge in [-0.2, -0.15) is 0 Å². The molecule has 0 radical (unpaired) electrons. The van der Waals surface area contributed by atoms with E-state index < -0.39 is 52.9 Å². The van der Waals surface area contributed by atoms with Gasteiger partial charge in [0.25, 0.3) is 0 Å². The van der Waals surface area contributed by atoms with E-state index in [1.165, 1.54) is 103 Å². The van der Waals surface area contributed by atoms with Crippen LogP contribution in [-0.2, 0) is 57.1 Å². The van der Waals surface area contributed by atoms with Crippen LogP contribution in [0, 0.1) is 11.3 Å². The van der Waals surface area contributed by atoms with E-state index in [4.69, 9.17) is 37.9 Å². The second kappa shape index (κ2) is 36.4. The number of carbonyl (C=O) groups is 4. The molecule has 0 aliphatic heterocycles. The van der Waals surface area contributed by atoms with Crippen LogP contribution in [0.2, 0.25) is 0 Å². The van der Waals surface area contributed by atoms with E-state index in [9.17, 15) is 19.2 Å². The summed E-state index contributed by atoms with van der Waals surface area (Å²) in [4.78, 5) is 60.0. The van der Waals surface area contributed by atoms with Gasteiger partial charge in [-0.05, 0) is 88.6 Å². The second-order valence-electron chi connectivity index (χ2n) is 25.8. The number of fused-ring (bicyclic) bond motifs is 3. The van der Waals surface area contributed by atoms with Gasteiger partial charge < -0.3 is 37.9 Å². The summed E-state index contributed by atoms with van der Waals surface area (Å²) in [5, 5.41) is 0. The quantitative estimate of drug-likeness (QED) is 0.0247. The molecule has 7 saturated carbocycles. The molecule has 7 aliphatic carbocycles. The van der Waals surface area contributed by atoms with Crippen LogP contribution in [0.3, 0.4) is 0 Å². The summed E-state index contributed by atoms with van der Waals surface area (Å²) in [6, 6.07) is 0. The summed E-state index contributed by atoms with van der Waals surface area (Å²) < 4.78 is 52.6. The van der Waals surface area contributed by atoms with Gasteiger partial charge in [0.15, 0.2) is 12.6 Å². The molecule has 0 amide bonds. The van der Waals surface area contributed by atoms with Gasteiger partial charge in [0.2, 0.25) is 0 Å². The van der Waals surface area contributed by atoms with E-state index in [0.29, 0.717) is 58.8 Å². The van der Waals surface area contributed by atoms with E-state index in [-0.39, 0.29) is 69.3 Å². The number of likely N-dealkylation sites (N-methyl/N-ethyl adjacent to an activating group) is 1. The van der Waals surface area contributed by atoms with Crippen LogP contribution in [0.1, 0.15) is 305 Å². The fourth-order valence-electron chi connectivity index (χ4n) is 14.7. The fourth-order valence-corrected chi connectivity index (χ4v) is 14.7. The first-order valence-electron chi connectivity index (χ1n) is 33.4. The summed E-state index contributed by atoms with van der Waals surface area (Å²) in [7, 11) is 0. The van der Waals surface area contributed by atoms with Crippen molar-refractivity contribution in [2.24, 2.45) is 11.3 Å². The van der Waals surface area contributed by atoms with E-state index in [0.717, 1.165) is 95.8 Å². The number of nitrogens with zero attached hydrogens (tertiary/aromatic N) is 1. The Hall–Kier alpha value is -2.32. The van der Waals surface area contributed by atoms with Crippen LogP contribution in [-0.4, -0.2) is 110 Å². The Morgan fingerprint density at radius 3 is 1.00 bits per heavy atom. The third kappa shape index (κ3) is 24.1. The van der Waals surface area contributed by atoms with Crippen LogP contribution < -0.4 is 0 Å². The maximum Gasteiger partial charge on any atom is 0.320 e. The maximum atomic E-state index is 14.6. The van der Waals surface area contributed by atoms with Crippen molar-refractivity contribution in [3.05, 3.63) is 0 Å². The zero-order chi connectivity index (χ0) is 56.7. The number of hydrogen-bond donors (Lipinski definition) is 0. The highest BCUT2D eigenvalue weighted by Gasteiger charge is 2.74. The number of ether oxygens (including phenoxy) is 8. The van der Waals surface area contributed by atoms with Crippen molar-refractivity contribution < 1.29 is 57.1 Å². The molecule has 0 aromatic carbocycles. The van der Waals surface area contributed by atoms with Gasteiger partial charge in [-0.3, -0.25) is 24.1 Å². The van der Waals surface area contributed by atoms with Gasteiger partial charge >= 0.3 is 23.9 Å². The van der Waals surface area contributed by atoms with E-state index in [1.54, 1.807) is 0 Å². The zero-order valence-electron chi connectivity index (χ0n) is 51.5. The monoisotopic (exact) mass is 1120 g/mol. The van der Waals surface area contributed by atoms with Crippen molar-refractivity contribution in [3.8, 4) is 0 Å². The van der Waals surface area contributed by atoms with Crippen LogP contribution in [0.15, 0.2) is 0 Å². The van der Waals surface area contributed by atoms with Crippen molar-refractivity contribution in [2.75, 3.05) is 46.1 Å². The minimum absolute atomic E-state index is 0.0517. The van der Waals surface area contributed by atoms with Crippen molar-refractivity contribution >= 4 is 23.9 Å². The molecule has 79 heavy (non-hydrogen) atoms. The molecule has 7 aliphatic rings. The molecule has 0 saturated heterocycles. The van der Waals surface area contributed by atoms with Crippen LogP contribution in [0.25, 0.3) is 0 Å². The SMILES string of the molecule is CCCCCCCCOC(CCC(=O)OC12CC3(OC(=O)CCC(OCCCCCCCC)OCCCCCCCC)CC(OC(=O)CN(CC)CC)(C1)CC(OC(=O)CC14CCC(CC1)CC4)(C2)C3)OCCCCCCCC. The zero-order valence-corrected chi connectivity index (χ0v) is 51.5. The molecule has 6 bridgehead atoms. The Morgan fingerprint density at radius 2 is 0.684 bits per heavy atom. The minimum Gasteiger partial charge on any atom is -0.459 e. The summed E-state index contributed by atoms with van der Waals surface area (Å²) in [5.41, 5.74) is -4.96. The lowest BCUT2D eigenvalue weighted by atomic mass is 9.48. The highest BCUT2D eigenvalue weighted by atomic mass is 16.7. The molecular weight excluding hydrogens is 999 g/mol. The molecule has 13 heteroatoms. The number of unbranched alkanes of at least 4 members (excludes halogenated alkanes) is 20. The van der Waals surface area contributed by atoms with Crippen LogP contribution in [0.5, 0.6) is 0 Å². The van der Waals surface area contributed by atoms with Gasteiger partial charge in [-0.1, -0.05) is 170 Å². The van der Waals surface area contributed by atoms with Crippen molar-refractivity contribution in [1.29, 1.82) is 0 Å². The number of hydrogen-bond acceptors (Lipinski definition) is 13. The predicted molar refractivity (Wildman–Crippen MR) is 312 cm³/mol. The standard InChI is InChI=1S/C66H117NO12/c1-7-13-17-21-25-29-43-72-60(73-44-30-26-22-18-14-8-2)35-33-56(68)76-63-49-64(77-57(69)34-36-61(74-45-31-27-23-19-15-9-3)75-46-32-28-24-20-16-10-4)51-65(50-63,78-58(70)47-62-40-37-55(38-41-62)39-42-62)54-66(52-63,53-64)79-59(71)48-67(11-5)12-6/h55,60-61H,7-54H2,1-6H3. The van der Waals surface area contributed by atoms with Gasteiger partial charge in [0.05, 0.1) is 25.8 Å². The predicted octanol–water partition coefficient (Wildman–Crippen LogP) is 15.9. The van der Waals surface area contributed by atoms with E-state index >= 15 is 0 Å². The summed E-state index contributed by atoms with van der Waals surface area (Å²) in [5.74, 6) is -0.753. The average Bonchev–Trinajstić information content (AvgIpc) is 2.66. The van der Waals surface area contributed by atoms with Crippen molar-refractivity contribution in [2.45, 2.75) is 340 Å². The van der Waals surface area contributed by atoms with Crippen LogP contribution in [0.4, 0.5) is 0 Å². The van der Waals surface area contributed by atoms with Gasteiger partial charge in [0, 0.05) is 77.8 Å². The lowest BCUT2D eigenvalue weighted by molar-refractivity contribution is -0.310. The first-order chi connectivity index (χ1) is 38.3. The highest BCUT2D eigenvalue weighted by molar-refractivity contribution is 5.74. The molecule has 7 fully saturated rings. The summed E-state index contributed by atoms with van der Waals surface area (Å²) in [6.45, 7) is 16.6. The molecule has 2 atom stereocenters. The molecule has 2 unspecified atom stereocenters. The minimum atomic E-state index is -1.24. The van der Waals surface area contributed by atoms with Gasteiger partial charge in [0.1, 0.15) is 22.4 Å². The lowest BCUT2D eigenvalue weighted by Crippen LogP contribution is -2.75. The van der Waals surface area contributed by atoms with E-state index in [1.807, 2.05) is 18.7 Å². The van der Waals surface area contributed by atoms with Gasteiger partial charge in [-0.15, -0.1) is 0 Å². The topological polar surface area (TPSA) is 145 Å². The maximum absolute atomic E-state index is 14.6. The third-order valence-corrected chi connectivity index (χ3v) is 18.6. The van der Waals surface area contributed by atoms with Crippen LogP contribution >= 0.6 is 0 Å². The normalized spacial score (nSPS) is 25.9. The first kappa shape index (κ1) is 67.5. The molecule has 13 nitrogen and oxygen atoms in total. The van der Waals surface area contributed by atoms with Gasteiger partial charge in [-0.25, -0.2) is 0 Å². The second-order valence-corrected chi connectivity index (χ2v) is 25.8. The molecule has 0 spiro atoms. The molecule has 458 valence electrons. The van der Waals surface area contributed by atoms with E-state index in [2.05, 4.69) is 27.7 Å². The van der Waals surface area contributed by atoms with Crippen molar-refractivity contribution in [1.82, 2.24) is 4.90 Å². The Morgan fingerprint density at radius 1 is 0.392 bits per heavy atom. The Kier molecular flexibility index (Phi) is 31.1. The van der Waals surface area contributed by atoms with Crippen molar-refractivity contribution in [3.63, 3.8) is 0 Å². The number of rotatable bonds is 48. The highest BCUT2D eigenvalue weighted by Crippen LogP contribution is 2.66. The fraction of sp³-hybridized carbons (Fsp3) is 0.939. The molecule has 0 aromatic rings. The average molecular weight is 1120 g/mol. The molecular formula is C66H117NO12. The Bertz CT molecular complexity index is 1590. The summed E-state index contributed by atoms with van der Waals surface area (Å²) in [6.07, 6.45) is 35.4. The number of carbonyl (C=O) groups excluding carboxylic acids is 4. The Labute approximate surface area is 481 Å². The third-order valence-electron chi connectivity index (χ3n) is 18.6. The first-order valence-corrected chi connectivity index (χ1v) is 33.4. The smallest absolute Gasteiger partial charge is 0.320 e. The largest absolute Gasteiger partial charge is 0.459 e. The number of esters is 4. The molecule has 0 aromatic heterocycles. The Balaban J connectivity index is 1.37. The molecule has 0 heterocycles.